The summed E-state index contributed by atoms with van der Waals surface area (Å²) in [7, 11) is 0. The predicted molar refractivity (Wildman–Crippen MR) is 73.2 cm³/mol. The molecule has 0 bridgehead atoms. The second-order valence-corrected chi connectivity index (χ2v) is 5.09. The molecular formula is C16H20O3. The first-order valence-electron chi connectivity index (χ1n) is 6.96. The average molecular weight is 260 g/mol. The van der Waals surface area contributed by atoms with Gasteiger partial charge in [0.15, 0.2) is 0 Å². The second-order valence-electron chi connectivity index (χ2n) is 5.09. The average Bonchev–Trinajstić information content (AvgIpc) is 2.48. The Hall–Kier alpha value is -1.64. The van der Waals surface area contributed by atoms with E-state index in [1.807, 2.05) is 31.2 Å². The van der Waals surface area contributed by atoms with E-state index < -0.39 is 0 Å². The van der Waals surface area contributed by atoms with Crippen molar-refractivity contribution < 1.29 is 14.3 Å². The molecule has 0 unspecified atom stereocenters. The standard InChI is InChI=1S/C16H20O3/c1-2-19-16(18)15-9-7-14(8-10-15)13-5-3-12(11-17)4-6-13/h3-6,11,14-15H,2,7-10H2,1H3. The number of hydrogen-bond acceptors (Lipinski definition) is 3. The lowest BCUT2D eigenvalue weighted by Crippen LogP contribution is -2.23. The van der Waals surface area contributed by atoms with Gasteiger partial charge in [0, 0.05) is 5.56 Å². The third kappa shape index (κ3) is 3.43. The molecule has 0 N–H and O–H groups in total. The molecule has 1 saturated carbocycles. The molecule has 1 fully saturated rings. The normalized spacial score (nSPS) is 22.8. The van der Waals surface area contributed by atoms with Crippen LogP contribution in [0.4, 0.5) is 0 Å². The van der Waals surface area contributed by atoms with Crippen LogP contribution < -0.4 is 0 Å². The van der Waals surface area contributed by atoms with Gasteiger partial charge < -0.3 is 4.74 Å². The zero-order chi connectivity index (χ0) is 13.7. The van der Waals surface area contributed by atoms with Gasteiger partial charge in [0.1, 0.15) is 6.29 Å². The zero-order valence-electron chi connectivity index (χ0n) is 11.3. The summed E-state index contributed by atoms with van der Waals surface area (Å²) in [6.45, 7) is 2.31. The van der Waals surface area contributed by atoms with Gasteiger partial charge in [0.25, 0.3) is 0 Å². The van der Waals surface area contributed by atoms with Crippen LogP contribution in [0.2, 0.25) is 0 Å². The minimum absolute atomic E-state index is 0.0442. The molecule has 0 amide bonds. The number of benzene rings is 1. The quantitative estimate of drug-likeness (QED) is 0.616. The summed E-state index contributed by atoms with van der Waals surface area (Å²) in [5, 5.41) is 0. The monoisotopic (exact) mass is 260 g/mol. The van der Waals surface area contributed by atoms with E-state index in [-0.39, 0.29) is 11.9 Å². The first-order chi connectivity index (χ1) is 9.24. The van der Waals surface area contributed by atoms with Gasteiger partial charge in [-0.25, -0.2) is 0 Å². The van der Waals surface area contributed by atoms with E-state index in [1.54, 1.807) is 0 Å². The van der Waals surface area contributed by atoms with Crippen molar-refractivity contribution in [3.8, 4) is 0 Å². The molecule has 1 aromatic rings. The fourth-order valence-corrected chi connectivity index (χ4v) is 2.77. The molecule has 1 aliphatic rings. The molecular weight excluding hydrogens is 240 g/mol. The zero-order valence-corrected chi connectivity index (χ0v) is 11.3. The van der Waals surface area contributed by atoms with Crippen molar-refractivity contribution in [2.24, 2.45) is 5.92 Å². The highest BCUT2D eigenvalue weighted by molar-refractivity contribution is 5.74. The molecule has 19 heavy (non-hydrogen) atoms. The van der Waals surface area contributed by atoms with E-state index >= 15 is 0 Å². The maximum absolute atomic E-state index is 11.7. The van der Waals surface area contributed by atoms with Crippen LogP contribution in [0, 0.1) is 5.92 Å². The predicted octanol–water partition coefficient (Wildman–Crippen LogP) is 3.34. The molecule has 0 atom stereocenters. The van der Waals surface area contributed by atoms with Crippen LogP contribution in [0.25, 0.3) is 0 Å². The third-order valence-electron chi connectivity index (χ3n) is 3.89. The maximum atomic E-state index is 11.7. The van der Waals surface area contributed by atoms with Crippen molar-refractivity contribution in [2.45, 2.75) is 38.5 Å². The smallest absolute Gasteiger partial charge is 0.308 e. The van der Waals surface area contributed by atoms with Gasteiger partial charge in [-0.1, -0.05) is 24.3 Å². The van der Waals surface area contributed by atoms with Gasteiger partial charge in [-0.05, 0) is 44.1 Å². The summed E-state index contributed by atoms with van der Waals surface area (Å²) in [6, 6.07) is 7.78. The number of rotatable bonds is 4. The van der Waals surface area contributed by atoms with Crippen molar-refractivity contribution in [1.82, 2.24) is 0 Å². The van der Waals surface area contributed by atoms with Crippen molar-refractivity contribution in [3.63, 3.8) is 0 Å². The first-order valence-corrected chi connectivity index (χ1v) is 6.96. The summed E-state index contributed by atoms with van der Waals surface area (Å²) in [6.07, 6.45) is 4.70. The molecule has 3 nitrogen and oxygen atoms in total. The van der Waals surface area contributed by atoms with Gasteiger partial charge in [-0.2, -0.15) is 0 Å². The minimum Gasteiger partial charge on any atom is -0.466 e. The lowest BCUT2D eigenvalue weighted by Gasteiger charge is -2.27. The molecule has 3 heteroatoms. The van der Waals surface area contributed by atoms with Crippen LogP contribution in [0.3, 0.4) is 0 Å². The molecule has 0 aliphatic heterocycles. The van der Waals surface area contributed by atoms with Crippen LogP contribution >= 0.6 is 0 Å². The van der Waals surface area contributed by atoms with Crippen LogP contribution in [-0.4, -0.2) is 18.9 Å². The summed E-state index contributed by atoms with van der Waals surface area (Å²) in [4.78, 5) is 22.3. The molecule has 1 aromatic carbocycles. The van der Waals surface area contributed by atoms with E-state index in [4.69, 9.17) is 4.74 Å². The largest absolute Gasteiger partial charge is 0.466 e. The van der Waals surface area contributed by atoms with Crippen LogP contribution in [0.1, 0.15) is 54.4 Å². The highest BCUT2D eigenvalue weighted by Gasteiger charge is 2.27. The SMILES string of the molecule is CCOC(=O)C1CCC(c2ccc(C=O)cc2)CC1. The Bertz CT molecular complexity index is 428. The van der Waals surface area contributed by atoms with Crippen molar-refractivity contribution in [2.75, 3.05) is 6.61 Å². The van der Waals surface area contributed by atoms with Gasteiger partial charge in [-0.15, -0.1) is 0 Å². The summed E-state index contributed by atoms with van der Waals surface area (Å²) >= 11 is 0. The van der Waals surface area contributed by atoms with E-state index in [2.05, 4.69) is 0 Å². The van der Waals surface area contributed by atoms with Crippen molar-refractivity contribution >= 4 is 12.3 Å². The number of esters is 1. The van der Waals surface area contributed by atoms with Crippen LogP contribution in [0.15, 0.2) is 24.3 Å². The Morgan fingerprint density at radius 3 is 2.37 bits per heavy atom. The van der Waals surface area contributed by atoms with E-state index in [9.17, 15) is 9.59 Å². The molecule has 0 radical (unpaired) electrons. The lowest BCUT2D eigenvalue weighted by atomic mass is 9.78. The third-order valence-corrected chi connectivity index (χ3v) is 3.89. The number of aldehydes is 1. The Morgan fingerprint density at radius 2 is 1.84 bits per heavy atom. The molecule has 102 valence electrons. The Labute approximate surface area is 114 Å². The Balaban J connectivity index is 1.91. The second kappa shape index (κ2) is 6.50. The molecule has 2 rings (SSSR count). The fourth-order valence-electron chi connectivity index (χ4n) is 2.77. The molecule has 0 heterocycles. The molecule has 0 saturated heterocycles. The number of ether oxygens (including phenoxy) is 1. The molecule has 0 aromatic heterocycles. The fraction of sp³-hybridized carbons (Fsp3) is 0.500. The number of carbonyl (C=O) groups is 2. The Kier molecular flexibility index (Phi) is 4.72. The van der Waals surface area contributed by atoms with Gasteiger partial charge in [0.05, 0.1) is 12.5 Å². The Morgan fingerprint density at radius 1 is 1.21 bits per heavy atom. The maximum Gasteiger partial charge on any atom is 0.308 e. The highest BCUT2D eigenvalue weighted by Crippen LogP contribution is 2.36. The van der Waals surface area contributed by atoms with E-state index in [0.29, 0.717) is 18.1 Å². The topological polar surface area (TPSA) is 43.4 Å². The summed E-state index contributed by atoms with van der Waals surface area (Å²) < 4.78 is 5.07. The summed E-state index contributed by atoms with van der Waals surface area (Å²) in [5.41, 5.74) is 1.98. The van der Waals surface area contributed by atoms with E-state index in [0.717, 1.165) is 32.0 Å². The van der Waals surface area contributed by atoms with Gasteiger partial charge in [-0.3, -0.25) is 9.59 Å². The molecule has 1 aliphatic carbocycles. The number of carbonyl (C=O) groups excluding carboxylic acids is 2. The molecule has 0 spiro atoms. The van der Waals surface area contributed by atoms with E-state index in [1.165, 1.54) is 5.56 Å². The highest BCUT2D eigenvalue weighted by atomic mass is 16.5. The van der Waals surface area contributed by atoms with Crippen molar-refractivity contribution in [3.05, 3.63) is 35.4 Å². The minimum atomic E-state index is -0.0442. The van der Waals surface area contributed by atoms with Gasteiger partial charge >= 0.3 is 5.97 Å². The van der Waals surface area contributed by atoms with Crippen LogP contribution in [-0.2, 0) is 9.53 Å². The van der Waals surface area contributed by atoms with Crippen molar-refractivity contribution in [1.29, 1.82) is 0 Å². The lowest BCUT2D eigenvalue weighted by molar-refractivity contribution is -0.149. The number of hydrogen-bond donors (Lipinski definition) is 0. The van der Waals surface area contributed by atoms with Gasteiger partial charge in [0.2, 0.25) is 0 Å². The summed E-state index contributed by atoms with van der Waals surface area (Å²) in [5.74, 6) is 0.536. The van der Waals surface area contributed by atoms with Crippen LogP contribution in [0.5, 0.6) is 0 Å². The first kappa shape index (κ1) is 13.8.